The Morgan fingerprint density at radius 3 is 2.69 bits per heavy atom. The first-order valence-electron chi connectivity index (χ1n) is 4.80. The highest BCUT2D eigenvalue weighted by Gasteiger charge is 2.19. The molecule has 1 unspecified atom stereocenters. The van der Waals surface area contributed by atoms with E-state index in [-0.39, 0.29) is 17.0 Å². The minimum absolute atomic E-state index is 0.0109. The molecular formula is C12H11BrClNO. The maximum absolute atomic E-state index is 11.4. The van der Waals surface area contributed by atoms with Crippen LogP contribution in [0.25, 0.3) is 0 Å². The number of halogens is 2. The molecule has 0 heterocycles. The molecular weight excluding hydrogens is 289 g/mol. The zero-order valence-electron chi connectivity index (χ0n) is 8.84. The lowest BCUT2D eigenvalue weighted by Crippen LogP contribution is -2.07. The molecule has 1 aromatic rings. The smallest absolute Gasteiger partial charge is 0.147 e. The van der Waals surface area contributed by atoms with Gasteiger partial charge in [0.05, 0.1) is 17.3 Å². The van der Waals surface area contributed by atoms with E-state index in [2.05, 4.69) is 22.0 Å². The van der Waals surface area contributed by atoms with Gasteiger partial charge in [0.1, 0.15) is 5.78 Å². The van der Waals surface area contributed by atoms with Crippen molar-refractivity contribution in [2.45, 2.75) is 24.1 Å². The molecule has 0 aliphatic heterocycles. The second kappa shape index (κ2) is 6.03. The maximum Gasteiger partial charge on any atom is 0.147 e. The van der Waals surface area contributed by atoms with Crippen molar-refractivity contribution in [2.75, 3.05) is 0 Å². The van der Waals surface area contributed by atoms with E-state index in [1.807, 2.05) is 18.2 Å². The molecule has 16 heavy (non-hydrogen) atoms. The van der Waals surface area contributed by atoms with Crippen LogP contribution in [0, 0.1) is 11.3 Å². The van der Waals surface area contributed by atoms with Gasteiger partial charge in [-0.05, 0) is 23.6 Å². The Kier molecular flexibility index (Phi) is 4.98. The van der Waals surface area contributed by atoms with E-state index in [0.717, 1.165) is 16.7 Å². The molecule has 84 valence electrons. The summed E-state index contributed by atoms with van der Waals surface area (Å²) in [6.07, 6.45) is 0.287. The summed E-state index contributed by atoms with van der Waals surface area (Å²) in [7, 11) is 0. The maximum atomic E-state index is 11.4. The van der Waals surface area contributed by atoms with Crippen LogP contribution in [0.3, 0.4) is 0 Å². The number of nitriles is 1. The Balaban J connectivity index is 3.30. The van der Waals surface area contributed by atoms with Crippen molar-refractivity contribution in [2.24, 2.45) is 0 Å². The Morgan fingerprint density at radius 2 is 2.19 bits per heavy atom. The molecule has 0 saturated carbocycles. The van der Waals surface area contributed by atoms with Crippen molar-refractivity contribution in [3.8, 4) is 6.07 Å². The number of benzene rings is 1. The van der Waals surface area contributed by atoms with Crippen molar-refractivity contribution < 1.29 is 4.79 Å². The number of carbonyl (C=O) groups is 1. The topological polar surface area (TPSA) is 40.9 Å². The van der Waals surface area contributed by atoms with Crippen LogP contribution >= 0.6 is 27.5 Å². The van der Waals surface area contributed by atoms with Crippen molar-refractivity contribution >= 4 is 33.3 Å². The molecule has 0 N–H and O–H groups in total. The van der Waals surface area contributed by atoms with Gasteiger partial charge in [0.25, 0.3) is 0 Å². The SMILES string of the molecule is CC(=O)C(Br)c1c(CCl)cccc1CC#N. The van der Waals surface area contributed by atoms with Crippen molar-refractivity contribution in [1.29, 1.82) is 5.26 Å². The van der Waals surface area contributed by atoms with E-state index < -0.39 is 0 Å². The van der Waals surface area contributed by atoms with Gasteiger partial charge in [0.2, 0.25) is 0 Å². The third kappa shape index (κ3) is 2.84. The van der Waals surface area contributed by atoms with Gasteiger partial charge in [-0.3, -0.25) is 4.79 Å². The standard InChI is InChI=1S/C12H11BrClNO/c1-8(16)12(13)11-9(5-6-15)3-2-4-10(11)7-14/h2-4,12H,5,7H2,1H3. The van der Waals surface area contributed by atoms with Gasteiger partial charge in [-0.15, -0.1) is 11.6 Å². The molecule has 0 bridgehead atoms. The highest BCUT2D eigenvalue weighted by atomic mass is 79.9. The van der Waals surface area contributed by atoms with Crippen molar-refractivity contribution in [3.63, 3.8) is 0 Å². The zero-order valence-corrected chi connectivity index (χ0v) is 11.2. The van der Waals surface area contributed by atoms with E-state index in [1.54, 1.807) is 0 Å². The average molecular weight is 301 g/mol. The van der Waals surface area contributed by atoms with Crippen molar-refractivity contribution in [1.82, 2.24) is 0 Å². The summed E-state index contributed by atoms with van der Waals surface area (Å²) < 4.78 is 0. The third-order valence-corrected chi connectivity index (χ3v) is 3.70. The Hall–Kier alpha value is -0.850. The van der Waals surface area contributed by atoms with E-state index >= 15 is 0 Å². The molecule has 0 saturated heterocycles. The van der Waals surface area contributed by atoms with Gasteiger partial charge < -0.3 is 0 Å². The molecule has 1 aromatic carbocycles. The summed E-state index contributed by atoms with van der Waals surface area (Å²) in [6.45, 7) is 1.51. The molecule has 0 spiro atoms. The minimum atomic E-state index is -0.384. The number of hydrogen-bond donors (Lipinski definition) is 0. The third-order valence-electron chi connectivity index (χ3n) is 2.31. The van der Waals surface area contributed by atoms with Crippen LogP contribution < -0.4 is 0 Å². The van der Waals surface area contributed by atoms with Crippen LogP contribution in [0.5, 0.6) is 0 Å². The van der Waals surface area contributed by atoms with Crippen molar-refractivity contribution in [3.05, 3.63) is 34.9 Å². The Bertz CT molecular complexity index is 439. The summed E-state index contributed by atoms with van der Waals surface area (Å²) in [6, 6.07) is 7.68. The predicted molar refractivity (Wildman–Crippen MR) is 67.7 cm³/mol. The normalized spacial score (nSPS) is 11.9. The van der Waals surface area contributed by atoms with Crippen LogP contribution in [0.15, 0.2) is 18.2 Å². The van der Waals surface area contributed by atoms with Crippen LogP contribution in [-0.4, -0.2) is 5.78 Å². The quantitative estimate of drug-likeness (QED) is 0.798. The molecule has 1 atom stereocenters. The summed E-state index contributed by atoms with van der Waals surface area (Å²) in [5.74, 6) is 0.348. The van der Waals surface area contributed by atoms with Gasteiger partial charge in [0, 0.05) is 5.88 Å². The summed E-state index contributed by atoms with van der Waals surface area (Å²) >= 11 is 9.18. The number of carbonyl (C=O) groups excluding carboxylic acids is 1. The van der Waals surface area contributed by atoms with E-state index in [0.29, 0.717) is 5.88 Å². The van der Waals surface area contributed by atoms with Gasteiger partial charge in [-0.25, -0.2) is 0 Å². The highest BCUT2D eigenvalue weighted by Crippen LogP contribution is 2.31. The summed E-state index contributed by atoms with van der Waals surface area (Å²) in [5, 5.41) is 8.74. The first-order valence-corrected chi connectivity index (χ1v) is 6.25. The lowest BCUT2D eigenvalue weighted by Gasteiger charge is -2.15. The molecule has 0 fully saturated rings. The lowest BCUT2D eigenvalue weighted by molar-refractivity contribution is -0.116. The van der Waals surface area contributed by atoms with Gasteiger partial charge in [0.15, 0.2) is 0 Å². The zero-order chi connectivity index (χ0) is 12.1. The number of ketones is 1. The van der Waals surface area contributed by atoms with Crippen LogP contribution in [0.2, 0.25) is 0 Å². The lowest BCUT2D eigenvalue weighted by atomic mass is 9.96. The van der Waals surface area contributed by atoms with Crippen LogP contribution in [-0.2, 0) is 17.1 Å². The molecule has 0 aliphatic carbocycles. The Morgan fingerprint density at radius 1 is 1.56 bits per heavy atom. The second-order valence-corrected chi connectivity index (χ2v) is 4.61. The first-order chi connectivity index (χ1) is 7.61. The van der Waals surface area contributed by atoms with E-state index in [4.69, 9.17) is 16.9 Å². The fourth-order valence-corrected chi connectivity index (χ4v) is 2.37. The molecule has 0 aromatic heterocycles. The molecule has 4 heteroatoms. The molecule has 2 nitrogen and oxygen atoms in total. The number of nitrogens with zero attached hydrogens (tertiary/aromatic N) is 1. The number of Topliss-reactive ketones (excluding diaryl/α,β-unsaturated/α-hetero) is 1. The number of alkyl halides is 2. The van der Waals surface area contributed by atoms with E-state index in [9.17, 15) is 4.79 Å². The van der Waals surface area contributed by atoms with Crippen LogP contribution in [0.1, 0.15) is 28.4 Å². The summed E-state index contributed by atoms with van der Waals surface area (Å²) in [4.78, 5) is 11.0. The number of rotatable bonds is 4. The monoisotopic (exact) mass is 299 g/mol. The minimum Gasteiger partial charge on any atom is -0.298 e. The highest BCUT2D eigenvalue weighted by molar-refractivity contribution is 9.09. The average Bonchev–Trinajstić information content (AvgIpc) is 2.28. The van der Waals surface area contributed by atoms with E-state index in [1.165, 1.54) is 6.92 Å². The predicted octanol–water partition coefficient (Wildman–Crippen LogP) is 3.52. The molecule has 0 radical (unpaired) electrons. The number of hydrogen-bond acceptors (Lipinski definition) is 2. The van der Waals surface area contributed by atoms with Crippen LogP contribution in [0.4, 0.5) is 0 Å². The molecule has 0 amide bonds. The molecule has 1 rings (SSSR count). The van der Waals surface area contributed by atoms with Gasteiger partial charge in [-0.1, -0.05) is 34.1 Å². The fourth-order valence-electron chi connectivity index (χ4n) is 1.55. The second-order valence-electron chi connectivity index (χ2n) is 3.43. The largest absolute Gasteiger partial charge is 0.298 e. The fraction of sp³-hybridized carbons (Fsp3) is 0.333. The van der Waals surface area contributed by atoms with Gasteiger partial charge >= 0.3 is 0 Å². The Labute approximate surface area is 108 Å². The van der Waals surface area contributed by atoms with Gasteiger partial charge in [-0.2, -0.15) is 5.26 Å². The molecule has 0 aliphatic rings. The first kappa shape index (κ1) is 13.2. The summed E-state index contributed by atoms with van der Waals surface area (Å²) in [5.41, 5.74) is 2.59.